The zero-order valence-corrected chi connectivity index (χ0v) is 11.9. The van der Waals surface area contributed by atoms with Gasteiger partial charge in [0, 0.05) is 0 Å². The van der Waals surface area contributed by atoms with Gasteiger partial charge in [0.2, 0.25) is 0 Å². The van der Waals surface area contributed by atoms with Crippen molar-refractivity contribution in [2.24, 2.45) is 5.73 Å². The van der Waals surface area contributed by atoms with E-state index in [-0.39, 0.29) is 106 Å². The summed E-state index contributed by atoms with van der Waals surface area (Å²) in [5, 5.41) is 15.9. The summed E-state index contributed by atoms with van der Waals surface area (Å²) in [7, 11) is 0. The third-order valence-electron chi connectivity index (χ3n) is 0.514. The molecular formula is C3H9K2NO3. The van der Waals surface area contributed by atoms with E-state index in [0.717, 1.165) is 0 Å². The molecule has 4 nitrogen and oxygen atoms in total. The molecule has 46 valence electrons. The summed E-state index contributed by atoms with van der Waals surface area (Å²) in [6.45, 7) is -0.505. The van der Waals surface area contributed by atoms with Crippen LogP contribution in [0.15, 0.2) is 0 Å². The Hall–Kier alpha value is 2.66. The molecule has 0 aromatic heterocycles. The Kier molecular flexibility index (Phi) is 20.9. The number of aliphatic hydroxyl groups is 1. The molecule has 0 amide bonds. The second-order valence-electron chi connectivity index (χ2n) is 1.13. The van der Waals surface area contributed by atoms with Crippen LogP contribution >= 0.6 is 0 Å². The number of rotatable bonds is 2. The molecule has 0 aromatic rings. The van der Waals surface area contributed by atoms with Crippen LogP contribution in [0.5, 0.6) is 0 Å². The monoisotopic (exact) mass is 185 g/mol. The number of carboxylic acid groups (broad SMARTS) is 1. The van der Waals surface area contributed by atoms with Crippen molar-refractivity contribution in [1.82, 2.24) is 0 Å². The first-order valence-corrected chi connectivity index (χ1v) is 1.77. The molecule has 0 rings (SSSR count). The van der Waals surface area contributed by atoms with Gasteiger partial charge in [-0.15, -0.1) is 0 Å². The van der Waals surface area contributed by atoms with E-state index in [2.05, 4.69) is 0 Å². The van der Waals surface area contributed by atoms with Crippen molar-refractivity contribution in [3.63, 3.8) is 0 Å². The minimum Gasteiger partial charge on any atom is -1.00 e. The number of nitrogens with two attached hydrogens (primary N) is 1. The third kappa shape index (κ3) is 10.7. The molecular weight excluding hydrogens is 176 g/mol. The Morgan fingerprint density at radius 2 is 2.00 bits per heavy atom. The molecule has 0 fully saturated rings. The van der Waals surface area contributed by atoms with E-state index >= 15 is 0 Å². The molecule has 0 unspecified atom stereocenters. The van der Waals surface area contributed by atoms with Gasteiger partial charge in [0.25, 0.3) is 0 Å². The van der Waals surface area contributed by atoms with E-state index < -0.39 is 18.6 Å². The van der Waals surface area contributed by atoms with E-state index in [4.69, 9.17) is 15.9 Å². The van der Waals surface area contributed by atoms with Gasteiger partial charge in [-0.05, 0) is 0 Å². The van der Waals surface area contributed by atoms with E-state index in [1.54, 1.807) is 0 Å². The number of hydrogen-bond donors (Lipinski definition) is 3. The first-order chi connectivity index (χ1) is 3.18. The summed E-state index contributed by atoms with van der Waals surface area (Å²) in [5.41, 5.74) is 4.77. The van der Waals surface area contributed by atoms with Gasteiger partial charge < -0.3 is 18.8 Å². The number of hydrogen-bond acceptors (Lipinski definition) is 3. The summed E-state index contributed by atoms with van der Waals surface area (Å²) in [4.78, 5) is 9.65. The molecule has 0 saturated carbocycles. The van der Waals surface area contributed by atoms with Crippen molar-refractivity contribution in [2.45, 2.75) is 6.04 Å². The molecule has 4 N–H and O–H groups in total. The Bertz CT molecular complexity index is 87.0. The topological polar surface area (TPSA) is 83.5 Å². The average molecular weight is 185 g/mol. The van der Waals surface area contributed by atoms with Crippen LogP contribution in [-0.2, 0) is 4.79 Å². The molecule has 1 atom stereocenters. The molecule has 0 aromatic carbocycles. The normalized spacial score (nSPS) is 10.4. The SMILES string of the molecule is N[C@@H](CO)C(=O)O.[H-].[H-].[K+].[K+]. The summed E-state index contributed by atoms with van der Waals surface area (Å²) in [5.74, 6) is -1.18. The van der Waals surface area contributed by atoms with Crippen LogP contribution in [0.4, 0.5) is 0 Å². The van der Waals surface area contributed by atoms with E-state index in [0.29, 0.717) is 0 Å². The van der Waals surface area contributed by atoms with Gasteiger partial charge in [0.05, 0.1) is 6.61 Å². The number of carboxylic acids is 1. The van der Waals surface area contributed by atoms with E-state index in [1.165, 1.54) is 0 Å². The Labute approximate surface area is 141 Å². The van der Waals surface area contributed by atoms with Crippen LogP contribution in [0.3, 0.4) is 0 Å². The molecule has 0 aliphatic carbocycles. The molecule has 0 aliphatic rings. The standard InChI is InChI=1S/C3H7NO3.2K.2H/c4-2(1-5)3(6)7;;;;/h2,5H,1,4H2,(H,6,7);;;;/q;2*+1;2*-1/t2-;;;;/m0..../s1. The fourth-order valence-electron chi connectivity index (χ4n) is 0.0781. The summed E-state index contributed by atoms with van der Waals surface area (Å²) in [6, 6.07) is -1.13. The first kappa shape index (κ1) is 17.7. The van der Waals surface area contributed by atoms with Crippen LogP contribution in [0, 0.1) is 0 Å². The Morgan fingerprint density at radius 1 is 1.67 bits per heavy atom. The maximum Gasteiger partial charge on any atom is 1.00 e. The summed E-state index contributed by atoms with van der Waals surface area (Å²) < 4.78 is 0. The van der Waals surface area contributed by atoms with Crippen LogP contribution in [0.1, 0.15) is 2.85 Å². The van der Waals surface area contributed by atoms with Crippen molar-refractivity contribution in [3.8, 4) is 0 Å². The zero-order chi connectivity index (χ0) is 5.86. The molecule has 0 heterocycles. The van der Waals surface area contributed by atoms with Gasteiger partial charge in [-0.2, -0.15) is 0 Å². The Morgan fingerprint density at radius 3 is 2.00 bits per heavy atom. The van der Waals surface area contributed by atoms with Crippen molar-refractivity contribution in [2.75, 3.05) is 6.61 Å². The average Bonchev–Trinajstić information content (AvgIpc) is 1.65. The molecule has 6 heteroatoms. The quantitative estimate of drug-likeness (QED) is 0.373. The fraction of sp³-hybridized carbons (Fsp3) is 0.667. The van der Waals surface area contributed by atoms with Gasteiger partial charge >= 0.3 is 109 Å². The Balaban J connectivity index is -0.0000000300. The maximum absolute atomic E-state index is 9.65. The molecule has 0 aliphatic heterocycles. The van der Waals surface area contributed by atoms with Crippen LogP contribution < -0.4 is 109 Å². The van der Waals surface area contributed by atoms with Crippen molar-refractivity contribution in [1.29, 1.82) is 0 Å². The van der Waals surface area contributed by atoms with Crippen LogP contribution in [-0.4, -0.2) is 28.8 Å². The summed E-state index contributed by atoms with van der Waals surface area (Å²) in [6.07, 6.45) is 0. The fourth-order valence-corrected chi connectivity index (χ4v) is 0.0781. The van der Waals surface area contributed by atoms with E-state index in [1.807, 2.05) is 0 Å². The molecule has 0 spiro atoms. The van der Waals surface area contributed by atoms with Gasteiger partial charge in [0.1, 0.15) is 6.04 Å². The second-order valence-corrected chi connectivity index (χ2v) is 1.13. The van der Waals surface area contributed by atoms with Crippen LogP contribution in [0.25, 0.3) is 0 Å². The molecule has 0 saturated heterocycles. The third-order valence-corrected chi connectivity index (χ3v) is 0.514. The zero-order valence-electron chi connectivity index (χ0n) is 7.66. The summed E-state index contributed by atoms with van der Waals surface area (Å²) >= 11 is 0. The molecule has 0 radical (unpaired) electrons. The van der Waals surface area contributed by atoms with Gasteiger partial charge in [-0.1, -0.05) is 0 Å². The van der Waals surface area contributed by atoms with E-state index in [9.17, 15) is 4.79 Å². The van der Waals surface area contributed by atoms with Gasteiger partial charge in [-0.3, -0.25) is 4.79 Å². The smallest absolute Gasteiger partial charge is 1.00 e. The van der Waals surface area contributed by atoms with Crippen molar-refractivity contribution < 1.29 is 121 Å². The van der Waals surface area contributed by atoms with Crippen LogP contribution in [0.2, 0.25) is 0 Å². The first-order valence-electron chi connectivity index (χ1n) is 1.77. The predicted octanol–water partition coefficient (Wildman–Crippen LogP) is -7.38. The molecule has 9 heavy (non-hydrogen) atoms. The minimum absolute atomic E-state index is 0. The van der Waals surface area contributed by atoms with Gasteiger partial charge in [0.15, 0.2) is 0 Å². The largest absolute Gasteiger partial charge is 1.00 e. The number of aliphatic carboxylic acids is 1. The predicted molar refractivity (Wildman–Crippen MR) is 24.9 cm³/mol. The number of carbonyl (C=O) groups is 1. The minimum atomic E-state index is -1.18. The van der Waals surface area contributed by atoms with Crippen molar-refractivity contribution >= 4 is 5.97 Å². The van der Waals surface area contributed by atoms with Gasteiger partial charge in [-0.25, -0.2) is 0 Å². The van der Waals surface area contributed by atoms with Crippen molar-refractivity contribution in [3.05, 3.63) is 0 Å². The molecule has 0 bridgehead atoms. The maximum atomic E-state index is 9.65. The number of aliphatic hydroxyl groups excluding tert-OH is 1. The second kappa shape index (κ2) is 10.7.